The molecule has 1 unspecified atom stereocenters. The normalized spacial score (nSPS) is 12.7. The number of unbranched alkanes of at least 4 members (excludes halogenated alkanes) is 1. The van der Waals surface area contributed by atoms with E-state index >= 15 is 4.39 Å². The van der Waals surface area contributed by atoms with Gasteiger partial charge in [-0.2, -0.15) is 0 Å². The highest BCUT2D eigenvalue weighted by atomic mass is 32.2. The van der Waals surface area contributed by atoms with Crippen molar-refractivity contribution in [2.24, 2.45) is 0 Å². The number of halogens is 1. The molecule has 47 heavy (non-hydrogen) atoms. The highest BCUT2D eigenvalue weighted by Crippen LogP contribution is 2.40. The SMILES string of the molecule is COC(=O)NCCCC(O)(CCCCN(C)C(=O)c1ccc(CNCCNS(C)(=O)=O)cc1)c1cccc(F)c1-c1cccc(C)c1. The molecule has 4 N–H and O–H groups in total. The molecule has 10 nitrogen and oxygen atoms in total. The van der Waals surface area contributed by atoms with Gasteiger partial charge in [0.1, 0.15) is 5.82 Å². The number of hydrogen-bond donors (Lipinski definition) is 4. The molecule has 0 aliphatic rings. The van der Waals surface area contributed by atoms with Crippen molar-refractivity contribution >= 4 is 22.0 Å². The summed E-state index contributed by atoms with van der Waals surface area (Å²) >= 11 is 0. The molecule has 0 bridgehead atoms. The smallest absolute Gasteiger partial charge is 0.406 e. The Morgan fingerprint density at radius 2 is 1.66 bits per heavy atom. The number of amides is 2. The average Bonchev–Trinajstić information content (AvgIpc) is 3.04. The summed E-state index contributed by atoms with van der Waals surface area (Å²) in [6.07, 6.45) is 2.80. The van der Waals surface area contributed by atoms with Gasteiger partial charge in [0.2, 0.25) is 10.0 Å². The van der Waals surface area contributed by atoms with E-state index in [1.807, 2.05) is 43.3 Å². The Morgan fingerprint density at radius 1 is 0.957 bits per heavy atom. The number of carbonyl (C=O) groups excluding carboxylic acids is 2. The van der Waals surface area contributed by atoms with E-state index < -0.39 is 27.5 Å². The number of nitrogens with zero attached hydrogens (tertiary/aromatic N) is 1. The maximum atomic E-state index is 15.4. The van der Waals surface area contributed by atoms with Gasteiger partial charge < -0.3 is 25.4 Å². The number of aliphatic hydroxyl groups is 1. The van der Waals surface area contributed by atoms with Gasteiger partial charge in [0.15, 0.2) is 0 Å². The molecule has 256 valence electrons. The molecule has 0 aromatic heterocycles. The number of benzene rings is 3. The Kier molecular flexibility index (Phi) is 14.3. The lowest BCUT2D eigenvalue weighted by atomic mass is 9.80. The summed E-state index contributed by atoms with van der Waals surface area (Å²) in [6, 6.07) is 19.5. The van der Waals surface area contributed by atoms with Crippen LogP contribution in [-0.4, -0.2) is 77.0 Å². The van der Waals surface area contributed by atoms with Crippen molar-refractivity contribution in [2.45, 2.75) is 51.2 Å². The molecule has 0 aliphatic heterocycles. The largest absolute Gasteiger partial charge is 0.453 e. The fraction of sp³-hybridized carbons (Fsp3) is 0.429. The third kappa shape index (κ3) is 12.0. The van der Waals surface area contributed by atoms with E-state index in [2.05, 4.69) is 20.1 Å². The first-order chi connectivity index (χ1) is 22.3. The summed E-state index contributed by atoms with van der Waals surface area (Å²) in [7, 11) is -0.198. The Balaban J connectivity index is 1.63. The van der Waals surface area contributed by atoms with E-state index in [1.54, 1.807) is 36.2 Å². The van der Waals surface area contributed by atoms with Gasteiger partial charge in [-0.05, 0) is 73.9 Å². The van der Waals surface area contributed by atoms with Gasteiger partial charge in [0.05, 0.1) is 19.0 Å². The van der Waals surface area contributed by atoms with Crippen molar-refractivity contribution in [1.29, 1.82) is 0 Å². The van der Waals surface area contributed by atoms with E-state index in [0.717, 1.165) is 17.4 Å². The van der Waals surface area contributed by atoms with Crippen molar-refractivity contribution < 1.29 is 32.2 Å². The highest BCUT2D eigenvalue weighted by Gasteiger charge is 2.32. The number of nitrogens with one attached hydrogen (secondary N) is 3. The molecular formula is C35H47FN4O6S. The van der Waals surface area contributed by atoms with Crippen LogP contribution in [0.3, 0.4) is 0 Å². The molecule has 0 fully saturated rings. The van der Waals surface area contributed by atoms with Gasteiger partial charge in [0, 0.05) is 50.9 Å². The molecule has 0 radical (unpaired) electrons. The number of carbonyl (C=O) groups is 2. The van der Waals surface area contributed by atoms with Gasteiger partial charge in [-0.3, -0.25) is 4.79 Å². The van der Waals surface area contributed by atoms with Crippen LogP contribution in [0.25, 0.3) is 11.1 Å². The maximum absolute atomic E-state index is 15.4. The van der Waals surface area contributed by atoms with E-state index in [-0.39, 0.29) is 18.9 Å². The summed E-state index contributed by atoms with van der Waals surface area (Å²) in [6.45, 7) is 3.99. The van der Waals surface area contributed by atoms with Crippen molar-refractivity contribution in [3.63, 3.8) is 0 Å². The highest BCUT2D eigenvalue weighted by molar-refractivity contribution is 7.88. The monoisotopic (exact) mass is 670 g/mol. The lowest BCUT2D eigenvalue weighted by Gasteiger charge is -2.32. The van der Waals surface area contributed by atoms with Crippen LogP contribution in [0.4, 0.5) is 9.18 Å². The van der Waals surface area contributed by atoms with E-state index in [1.165, 1.54) is 13.2 Å². The predicted octanol–water partition coefficient (Wildman–Crippen LogP) is 4.71. The van der Waals surface area contributed by atoms with Crippen molar-refractivity contribution in [1.82, 2.24) is 20.3 Å². The number of sulfonamides is 1. The van der Waals surface area contributed by atoms with Gasteiger partial charge in [-0.1, -0.05) is 54.1 Å². The number of ether oxygens (including phenoxy) is 1. The molecule has 0 aliphatic carbocycles. The topological polar surface area (TPSA) is 137 Å². The number of rotatable bonds is 18. The second-order valence-electron chi connectivity index (χ2n) is 11.8. The molecule has 3 aromatic rings. The summed E-state index contributed by atoms with van der Waals surface area (Å²) in [5.41, 5.74) is 2.63. The minimum Gasteiger partial charge on any atom is -0.453 e. The number of alkyl carbamates (subject to hydrolysis) is 1. The van der Waals surface area contributed by atoms with Crippen LogP contribution in [-0.2, 0) is 26.9 Å². The summed E-state index contributed by atoms with van der Waals surface area (Å²) in [5, 5.41) is 17.9. The number of aryl methyl sites for hydroxylation is 1. The predicted molar refractivity (Wildman–Crippen MR) is 182 cm³/mol. The second-order valence-corrected chi connectivity index (χ2v) is 13.6. The Morgan fingerprint density at radius 3 is 2.34 bits per heavy atom. The Bertz CT molecular complexity index is 1590. The Hall–Kier alpha value is -3.84. The van der Waals surface area contributed by atoms with Gasteiger partial charge in [-0.15, -0.1) is 0 Å². The molecule has 1 atom stereocenters. The first-order valence-electron chi connectivity index (χ1n) is 15.7. The van der Waals surface area contributed by atoms with Crippen LogP contribution in [0, 0.1) is 12.7 Å². The minimum atomic E-state index is -3.22. The lowest BCUT2D eigenvalue weighted by molar-refractivity contribution is 0.0139. The van der Waals surface area contributed by atoms with Crippen LogP contribution in [0.2, 0.25) is 0 Å². The van der Waals surface area contributed by atoms with Crippen LogP contribution >= 0.6 is 0 Å². The minimum absolute atomic E-state index is 0.127. The maximum Gasteiger partial charge on any atom is 0.406 e. The van der Waals surface area contributed by atoms with Crippen molar-refractivity contribution in [3.05, 3.63) is 94.8 Å². The van der Waals surface area contributed by atoms with Crippen molar-refractivity contribution in [2.75, 3.05) is 46.6 Å². The first kappa shape index (κ1) is 37.6. The lowest BCUT2D eigenvalue weighted by Crippen LogP contribution is -2.31. The molecule has 2 amide bonds. The third-order valence-corrected chi connectivity index (χ3v) is 8.65. The van der Waals surface area contributed by atoms with Crippen molar-refractivity contribution in [3.8, 4) is 11.1 Å². The fourth-order valence-electron chi connectivity index (χ4n) is 5.45. The quantitative estimate of drug-likeness (QED) is 0.144. The standard InChI is InChI=1S/C35H47FN4O6S/c1-26-10-7-11-29(24-26)32-30(12-8-13-31(32)36)35(43,19-9-20-38-34(42)46-3)18-5-6-23-40(2)33(41)28-16-14-27(15-17-28)25-37-21-22-39-47(4,44)45/h7-8,10-17,24,37,39,43H,5-6,9,18-23,25H2,1-4H3,(H,38,42). The second kappa shape index (κ2) is 17.9. The zero-order valence-electron chi connectivity index (χ0n) is 27.6. The molecule has 0 saturated heterocycles. The van der Waals surface area contributed by atoms with Gasteiger partial charge in [-0.25, -0.2) is 22.3 Å². The molecule has 3 aromatic carbocycles. The molecule has 12 heteroatoms. The molecule has 0 spiro atoms. The van der Waals surface area contributed by atoms with E-state index in [0.29, 0.717) is 74.1 Å². The van der Waals surface area contributed by atoms with Crippen LogP contribution in [0.5, 0.6) is 0 Å². The molecule has 0 saturated carbocycles. The Labute approximate surface area is 277 Å². The molecule has 0 heterocycles. The molecular weight excluding hydrogens is 623 g/mol. The van der Waals surface area contributed by atoms with Crippen LogP contribution in [0.1, 0.15) is 59.2 Å². The van der Waals surface area contributed by atoms with Crippen LogP contribution < -0.4 is 15.4 Å². The number of hydrogen-bond acceptors (Lipinski definition) is 7. The zero-order valence-corrected chi connectivity index (χ0v) is 28.5. The molecule has 3 rings (SSSR count). The van der Waals surface area contributed by atoms with Crippen LogP contribution in [0.15, 0.2) is 66.7 Å². The van der Waals surface area contributed by atoms with Gasteiger partial charge >= 0.3 is 6.09 Å². The van der Waals surface area contributed by atoms with Gasteiger partial charge in [0.25, 0.3) is 5.91 Å². The van der Waals surface area contributed by atoms with E-state index in [9.17, 15) is 23.1 Å². The zero-order chi connectivity index (χ0) is 34.5. The summed E-state index contributed by atoms with van der Waals surface area (Å²) < 4.78 is 44.8. The van der Waals surface area contributed by atoms with E-state index in [4.69, 9.17) is 0 Å². The average molecular weight is 671 g/mol. The fourth-order valence-corrected chi connectivity index (χ4v) is 5.93. The third-order valence-electron chi connectivity index (χ3n) is 7.92. The number of methoxy groups -OCH3 is 1. The summed E-state index contributed by atoms with van der Waals surface area (Å²) in [5.74, 6) is -0.548. The first-order valence-corrected chi connectivity index (χ1v) is 17.6. The summed E-state index contributed by atoms with van der Waals surface area (Å²) in [4.78, 5) is 26.3.